The number of aromatic nitrogens is 3. The lowest BCUT2D eigenvalue weighted by molar-refractivity contribution is -0.116. The molecule has 2 aromatic carbocycles. The van der Waals surface area contributed by atoms with Crippen molar-refractivity contribution >= 4 is 23.4 Å². The van der Waals surface area contributed by atoms with Crippen molar-refractivity contribution in [2.45, 2.75) is 49.6 Å². The molecule has 0 saturated carbocycles. The van der Waals surface area contributed by atoms with Gasteiger partial charge in [-0.05, 0) is 36.1 Å². The molecule has 2 heterocycles. The molecule has 0 aliphatic carbocycles. The Morgan fingerprint density at radius 2 is 1.94 bits per heavy atom. The summed E-state index contributed by atoms with van der Waals surface area (Å²) in [6.07, 6.45) is 2.76. The van der Waals surface area contributed by atoms with Crippen LogP contribution in [-0.2, 0) is 17.6 Å². The Morgan fingerprint density at radius 1 is 1.16 bits per heavy atom. The zero-order valence-corrected chi connectivity index (χ0v) is 18.8. The van der Waals surface area contributed by atoms with Gasteiger partial charge in [0.25, 0.3) is 0 Å². The van der Waals surface area contributed by atoms with Crippen molar-refractivity contribution in [1.29, 1.82) is 0 Å². The molecule has 0 bridgehead atoms. The summed E-state index contributed by atoms with van der Waals surface area (Å²) in [5, 5.41) is 11.9. The van der Waals surface area contributed by atoms with E-state index in [-0.39, 0.29) is 11.9 Å². The number of carbonyl (C=O) groups excluding carboxylic acids is 1. The van der Waals surface area contributed by atoms with Crippen LogP contribution in [0.1, 0.15) is 43.3 Å². The van der Waals surface area contributed by atoms with Gasteiger partial charge >= 0.3 is 0 Å². The topological polar surface area (TPSA) is 81.1 Å². The number of nitrogens with zero attached hydrogens (tertiary/aromatic N) is 3. The molecule has 1 aliphatic rings. The third-order valence-electron chi connectivity index (χ3n) is 5.35. The Morgan fingerprint density at radius 3 is 2.65 bits per heavy atom. The first-order valence-corrected chi connectivity index (χ1v) is 11.4. The summed E-state index contributed by atoms with van der Waals surface area (Å²) < 4.78 is 7.32. The molecule has 7 nitrogen and oxygen atoms in total. The standard InChI is InChI=1S/C23H27N5O2S/c1-4-8-19-25-26-23-28(19)27-20(16-13-11-15(5-2)12-14-16)21(31-23)22(29)24-17-9-6-7-10-18(17)30-3/h6-7,9-14,20-21,27H,4-5,8H2,1-3H3,(H,24,29)/t20-,21+/m1/s1. The number of nitrogens with one attached hydrogen (secondary N) is 2. The van der Waals surface area contributed by atoms with Gasteiger partial charge in [-0.15, -0.1) is 10.2 Å². The van der Waals surface area contributed by atoms with Crippen molar-refractivity contribution in [3.8, 4) is 5.75 Å². The SMILES string of the molecule is CCCc1nnc2n1N[C@H](c1ccc(CC)cc1)[C@@H](C(=O)Nc1ccccc1OC)S2. The van der Waals surface area contributed by atoms with E-state index in [0.717, 1.165) is 30.7 Å². The summed E-state index contributed by atoms with van der Waals surface area (Å²) in [6, 6.07) is 15.6. The van der Waals surface area contributed by atoms with E-state index in [2.05, 4.69) is 59.1 Å². The molecule has 0 spiro atoms. The fourth-order valence-electron chi connectivity index (χ4n) is 3.65. The van der Waals surface area contributed by atoms with Crippen LogP contribution in [0.25, 0.3) is 0 Å². The Hall–Kier alpha value is -3.00. The molecule has 3 aromatic rings. The summed E-state index contributed by atoms with van der Waals surface area (Å²) in [5.41, 5.74) is 6.47. The Bertz CT molecular complexity index is 1050. The number of aryl methyl sites for hydroxylation is 2. The van der Waals surface area contributed by atoms with E-state index >= 15 is 0 Å². The molecule has 1 amide bonds. The van der Waals surface area contributed by atoms with Crippen molar-refractivity contribution in [2.24, 2.45) is 0 Å². The quantitative estimate of drug-likeness (QED) is 0.577. The second kappa shape index (κ2) is 9.43. The minimum atomic E-state index is -0.427. The number of hydrogen-bond acceptors (Lipinski definition) is 6. The van der Waals surface area contributed by atoms with Crippen LogP contribution < -0.4 is 15.5 Å². The number of anilines is 1. The normalized spacial score (nSPS) is 17.5. The first-order valence-electron chi connectivity index (χ1n) is 10.5. The molecule has 1 aliphatic heterocycles. The predicted molar refractivity (Wildman–Crippen MR) is 123 cm³/mol. The van der Waals surface area contributed by atoms with Crippen LogP contribution in [0.4, 0.5) is 5.69 Å². The summed E-state index contributed by atoms with van der Waals surface area (Å²) in [6.45, 7) is 4.25. The average Bonchev–Trinajstić information content (AvgIpc) is 3.20. The largest absolute Gasteiger partial charge is 0.495 e. The highest BCUT2D eigenvalue weighted by Gasteiger charge is 2.38. The van der Waals surface area contributed by atoms with Gasteiger partial charge in [0.15, 0.2) is 5.82 Å². The number of fused-ring (bicyclic) bond motifs is 1. The molecule has 0 radical (unpaired) electrons. The van der Waals surface area contributed by atoms with Gasteiger partial charge in [-0.2, -0.15) is 0 Å². The number of rotatable bonds is 7. The van der Waals surface area contributed by atoms with Crippen LogP contribution in [-0.4, -0.2) is 33.1 Å². The monoisotopic (exact) mass is 437 g/mol. The van der Waals surface area contributed by atoms with Crippen molar-refractivity contribution in [3.05, 3.63) is 65.5 Å². The highest BCUT2D eigenvalue weighted by Crippen LogP contribution is 2.38. The third-order valence-corrected chi connectivity index (χ3v) is 6.56. The maximum atomic E-state index is 13.4. The van der Waals surface area contributed by atoms with Gasteiger partial charge in [0.05, 0.1) is 18.8 Å². The number of para-hydroxylation sites is 2. The second-order valence-corrected chi connectivity index (χ2v) is 8.52. The molecule has 0 saturated heterocycles. The second-order valence-electron chi connectivity index (χ2n) is 7.41. The van der Waals surface area contributed by atoms with E-state index in [1.807, 2.05) is 28.9 Å². The number of ether oxygens (including phenoxy) is 1. The highest BCUT2D eigenvalue weighted by molar-refractivity contribution is 8.00. The molecule has 1 aromatic heterocycles. The van der Waals surface area contributed by atoms with Crippen LogP contribution in [0.2, 0.25) is 0 Å². The Kier molecular flexibility index (Phi) is 6.46. The minimum absolute atomic E-state index is 0.113. The van der Waals surface area contributed by atoms with Gasteiger partial charge in [0.1, 0.15) is 11.0 Å². The Labute approximate surface area is 186 Å². The predicted octanol–water partition coefficient (Wildman–Crippen LogP) is 4.20. The molecular weight excluding hydrogens is 410 g/mol. The lowest BCUT2D eigenvalue weighted by Crippen LogP contribution is -2.41. The molecule has 0 unspecified atom stereocenters. The van der Waals surface area contributed by atoms with Gasteiger partial charge in [0, 0.05) is 6.42 Å². The van der Waals surface area contributed by atoms with Gasteiger partial charge in [0.2, 0.25) is 11.1 Å². The molecule has 8 heteroatoms. The van der Waals surface area contributed by atoms with Crippen LogP contribution >= 0.6 is 11.8 Å². The van der Waals surface area contributed by atoms with Gasteiger partial charge < -0.3 is 15.5 Å². The molecular formula is C23H27N5O2S. The Balaban J connectivity index is 1.67. The van der Waals surface area contributed by atoms with Gasteiger partial charge in [-0.3, -0.25) is 4.79 Å². The fraction of sp³-hybridized carbons (Fsp3) is 0.348. The third kappa shape index (κ3) is 4.39. The number of thioether (sulfide) groups is 1. The van der Waals surface area contributed by atoms with E-state index in [1.165, 1.54) is 17.3 Å². The minimum Gasteiger partial charge on any atom is -0.495 e. The zero-order chi connectivity index (χ0) is 21.8. The lowest BCUT2D eigenvalue weighted by Gasteiger charge is -2.33. The summed E-state index contributed by atoms with van der Waals surface area (Å²) in [5.74, 6) is 1.39. The number of hydrogen-bond donors (Lipinski definition) is 2. The zero-order valence-electron chi connectivity index (χ0n) is 18.0. The smallest absolute Gasteiger partial charge is 0.240 e. The van der Waals surface area contributed by atoms with Crippen LogP contribution in [0.5, 0.6) is 5.75 Å². The van der Waals surface area contributed by atoms with Crippen molar-refractivity contribution in [3.63, 3.8) is 0 Å². The van der Waals surface area contributed by atoms with Crippen LogP contribution in [0, 0.1) is 0 Å². The maximum absolute atomic E-state index is 13.4. The van der Waals surface area contributed by atoms with Crippen LogP contribution in [0.15, 0.2) is 53.7 Å². The van der Waals surface area contributed by atoms with Crippen molar-refractivity contribution in [1.82, 2.24) is 14.9 Å². The number of carbonyl (C=O) groups is 1. The van der Waals surface area contributed by atoms with E-state index in [0.29, 0.717) is 16.6 Å². The van der Waals surface area contributed by atoms with Crippen molar-refractivity contribution in [2.75, 3.05) is 17.9 Å². The molecule has 162 valence electrons. The van der Waals surface area contributed by atoms with E-state index in [1.54, 1.807) is 7.11 Å². The van der Waals surface area contributed by atoms with Gasteiger partial charge in [-0.1, -0.05) is 62.0 Å². The average molecular weight is 438 g/mol. The maximum Gasteiger partial charge on any atom is 0.240 e. The lowest BCUT2D eigenvalue weighted by atomic mass is 10.0. The number of methoxy groups -OCH3 is 1. The molecule has 0 fully saturated rings. The number of amides is 1. The molecule has 31 heavy (non-hydrogen) atoms. The van der Waals surface area contributed by atoms with Crippen LogP contribution in [0.3, 0.4) is 0 Å². The van der Waals surface area contributed by atoms with Crippen molar-refractivity contribution < 1.29 is 9.53 Å². The number of benzene rings is 2. The first-order chi connectivity index (χ1) is 15.1. The fourth-order valence-corrected chi connectivity index (χ4v) is 4.75. The molecule has 4 rings (SSSR count). The summed E-state index contributed by atoms with van der Waals surface area (Å²) >= 11 is 1.43. The summed E-state index contributed by atoms with van der Waals surface area (Å²) in [4.78, 5) is 13.4. The first kappa shape index (κ1) is 21.2. The van der Waals surface area contributed by atoms with E-state index in [4.69, 9.17) is 4.74 Å². The molecule has 2 atom stereocenters. The van der Waals surface area contributed by atoms with E-state index in [9.17, 15) is 4.79 Å². The van der Waals surface area contributed by atoms with Gasteiger partial charge in [-0.25, -0.2) is 4.68 Å². The highest BCUT2D eigenvalue weighted by atomic mass is 32.2. The summed E-state index contributed by atoms with van der Waals surface area (Å²) in [7, 11) is 1.59. The van der Waals surface area contributed by atoms with E-state index < -0.39 is 5.25 Å². The molecule has 2 N–H and O–H groups in total.